The van der Waals surface area contributed by atoms with E-state index in [0.29, 0.717) is 27.6 Å². The first kappa shape index (κ1) is 20.1. The smallest absolute Gasteiger partial charge is 0.255 e. The van der Waals surface area contributed by atoms with E-state index < -0.39 is 10.0 Å². The molecule has 0 aliphatic rings. The maximum absolute atomic E-state index is 12.6. The highest BCUT2D eigenvalue weighted by Gasteiger charge is 2.15. The summed E-state index contributed by atoms with van der Waals surface area (Å²) in [6.07, 6.45) is 0.978. The van der Waals surface area contributed by atoms with E-state index >= 15 is 0 Å². The second-order valence-electron chi connectivity index (χ2n) is 6.02. The van der Waals surface area contributed by atoms with Gasteiger partial charge in [-0.1, -0.05) is 29.8 Å². The molecule has 0 saturated heterocycles. The molecular weight excluding hydrogens is 376 g/mol. The first-order valence-electron chi connectivity index (χ1n) is 7.96. The summed E-state index contributed by atoms with van der Waals surface area (Å²) >= 11 is 6.00. The Morgan fingerprint density at radius 3 is 2.54 bits per heavy atom. The van der Waals surface area contributed by atoms with Crippen molar-refractivity contribution in [2.75, 3.05) is 11.0 Å². The van der Waals surface area contributed by atoms with Crippen molar-refractivity contribution < 1.29 is 17.9 Å². The number of hydrogen-bond acceptors (Lipinski definition) is 4. The predicted molar refractivity (Wildman–Crippen MR) is 103 cm³/mol. The molecule has 8 heteroatoms. The summed E-state index contributed by atoms with van der Waals surface area (Å²) in [6.45, 7) is 3.87. The highest BCUT2D eigenvalue weighted by Crippen LogP contribution is 2.24. The van der Waals surface area contributed by atoms with Crippen molar-refractivity contribution in [2.24, 2.45) is 0 Å². The quantitative estimate of drug-likeness (QED) is 0.750. The zero-order valence-electron chi connectivity index (χ0n) is 14.7. The van der Waals surface area contributed by atoms with Gasteiger partial charge in [-0.3, -0.25) is 9.52 Å². The van der Waals surface area contributed by atoms with Gasteiger partial charge in [0.25, 0.3) is 5.91 Å². The first-order valence-corrected chi connectivity index (χ1v) is 10.2. The number of halogens is 1. The molecule has 2 rings (SSSR count). The fourth-order valence-corrected chi connectivity index (χ4v) is 3.05. The molecule has 2 aromatic carbocycles. The molecule has 0 aromatic heterocycles. The minimum atomic E-state index is -3.42. The number of hydrogen-bond donors (Lipinski definition) is 2. The van der Waals surface area contributed by atoms with E-state index in [4.69, 9.17) is 16.3 Å². The Hall–Kier alpha value is -2.25. The van der Waals surface area contributed by atoms with Gasteiger partial charge in [0.05, 0.1) is 23.6 Å². The van der Waals surface area contributed by atoms with Crippen molar-refractivity contribution in [1.29, 1.82) is 0 Å². The first-order chi connectivity index (χ1) is 12.2. The van der Waals surface area contributed by atoms with Crippen LogP contribution in [-0.4, -0.2) is 26.7 Å². The Morgan fingerprint density at radius 1 is 1.19 bits per heavy atom. The largest absolute Gasteiger partial charge is 0.490 e. The summed E-state index contributed by atoms with van der Waals surface area (Å²) in [4.78, 5) is 12.6. The van der Waals surface area contributed by atoms with Crippen LogP contribution >= 0.6 is 11.6 Å². The van der Waals surface area contributed by atoms with Gasteiger partial charge in [-0.15, -0.1) is 0 Å². The fraction of sp³-hybridized carbons (Fsp3) is 0.278. The van der Waals surface area contributed by atoms with Crippen LogP contribution < -0.4 is 14.8 Å². The monoisotopic (exact) mass is 396 g/mol. The second kappa shape index (κ2) is 8.42. The number of amides is 1. The number of carbonyl (C=O) groups excluding carboxylic acids is 1. The van der Waals surface area contributed by atoms with E-state index in [-0.39, 0.29) is 18.6 Å². The molecule has 26 heavy (non-hydrogen) atoms. The molecule has 6 nitrogen and oxygen atoms in total. The van der Waals surface area contributed by atoms with Crippen molar-refractivity contribution in [2.45, 2.75) is 26.5 Å². The Kier molecular flexibility index (Phi) is 6.50. The SMILES string of the molecule is CC(C)Oc1ccc(Cl)cc1C(=O)NCc1ccccc1NS(C)(=O)=O. The van der Waals surface area contributed by atoms with Crippen LogP contribution in [0.5, 0.6) is 5.75 Å². The van der Waals surface area contributed by atoms with Crippen LogP contribution in [0.1, 0.15) is 29.8 Å². The molecule has 0 saturated carbocycles. The number of sulfonamides is 1. The molecule has 1 amide bonds. The molecule has 0 atom stereocenters. The minimum Gasteiger partial charge on any atom is -0.490 e. The van der Waals surface area contributed by atoms with Crippen molar-refractivity contribution in [3.63, 3.8) is 0 Å². The van der Waals surface area contributed by atoms with Crippen LogP contribution in [0.3, 0.4) is 0 Å². The van der Waals surface area contributed by atoms with Gasteiger partial charge < -0.3 is 10.1 Å². The summed E-state index contributed by atoms with van der Waals surface area (Å²) in [7, 11) is -3.42. The molecule has 0 aliphatic carbocycles. The van der Waals surface area contributed by atoms with Crippen molar-refractivity contribution in [3.05, 3.63) is 58.6 Å². The number of ether oxygens (including phenoxy) is 1. The average molecular weight is 397 g/mol. The Labute approximate surface area is 158 Å². The molecule has 0 aliphatic heterocycles. The summed E-state index contributed by atoms with van der Waals surface area (Å²) < 4.78 is 31.0. The maximum Gasteiger partial charge on any atom is 0.255 e. The van der Waals surface area contributed by atoms with E-state index in [9.17, 15) is 13.2 Å². The topological polar surface area (TPSA) is 84.5 Å². The van der Waals surface area contributed by atoms with Gasteiger partial charge in [-0.25, -0.2) is 8.42 Å². The van der Waals surface area contributed by atoms with Crippen molar-refractivity contribution in [1.82, 2.24) is 5.32 Å². The number of benzene rings is 2. The van der Waals surface area contributed by atoms with Gasteiger partial charge in [0.1, 0.15) is 5.75 Å². The second-order valence-corrected chi connectivity index (χ2v) is 8.21. The number of nitrogens with one attached hydrogen (secondary N) is 2. The summed E-state index contributed by atoms with van der Waals surface area (Å²) in [5.41, 5.74) is 1.37. The number of carbonyl (C=O) groups is 1. The van der Waals surface area contributed by atoms with Crippen molar-refractivity contribution >= 4 is 33.2 Å². The lowest BCUT2D eigenvalue weighted by Gasteiger charge is -2.15. The van der Waals surface area contributed by atoms with E-state index in [1.807, 2.05) is 13.8 Å². The number of para-hydroxylation sites is 1. The maximum atomic E-state index is 12.6. The molecule has 0 heterocycles. The predicted octanol–water partition coefficient (Wildman–Crippen LogP) is 3.43. The lowest BCUT2D eigenvalue weighted by Crippen LogP contribution is -2.25. The van der Waals surface area contributed by atoms with Crippen LogP contribution in [0, 0.1) is 0 Å². The van der Waals surface area contributed by atoms with Crippen molar-refractivity contribution in [3.8, 4) is 5.75 Å². The number of rotatable bonds is 7. The van der Waals surface area contributed by atoms with Gasteiger partial charge in [-0.05, 0) is 43.7 Å². The molecular formula is C18H21ClN2O4S. The summed E-state index contributed by atoms with van der Waals surface area (Å²) in [6, 6.07) is 11.7. The van der Waals surface area contributed by atoms with Crippen LogP contribution in [0.4, 0.5) is 5.69 Å². The number of anilines is 1. The standard InChI is InChI=1S/C18H21ClN2O4S/c1-12(2)25-17-9-8-14(19)10-15(17)18(22)20-11-13-6-4-5-7-16(13)21-26(3,23)24/h4-10,12,21H,11H2,1-3H3,(H,20,22). The summed E-state index contributed by atoms with van der Waals surface area (Å²) in [5, 5.41) is 3.19. The van der Waals surface area contributed by atoms with Gasteiger partial charge in [-0.2, -0.15) is 0 Å². The van der Waals surface area contributed by atoms with Crippen LogP contribution in [0.2, 0.25) is 5.02 Å². The molecule has 0 radical (unpaired) electrons. The molecule has 0 spiro atoms. The van der Waals surface area contributed by atoms with E-state index in [2.05, 4.69) is 10.0 Å². The third-order valence-corrected chi connectivity index (χ3v) is 4.13. The minimum absolute atomic E-state index is 0.0950. The zero-order valence-corrected chi connectivity index (χ0v) is 16.3. The fourth-order valence-electron chi connectivity index (χ4n) is 2.28. The molecule has 140 valence electrons. The molecule has 2 N–H and O–H groups in total. The molecule has 0 fully saturated rings. The van der Waals surface area contributed by atoms with E-state index in [1.54, 1.807) is 36.4 Å². The zero-order chi connectivity index (χ0) is 19.3. The Balaban J connectivity index is 2.19. The molecule has 2 aromatic rings. The molecule has 0 bridgehead atoms. The van der Waals surface area contributed by atoms with Gasteiger partial charge in [0.2, 0.25) is 10.0 Å². The lowest BCUT2D eigenvalue weighted by atomic mass is 10.1. The van der Waals surface area contributed by atoms with Crippen LogP contribution in [0.15, 0.2) is 42.5 Å². The third-order valence-electron chi connectivity index (χ3n) is 3.30. The molecule has 0 unspecified atom stereocenters. The van der Waals surface area contributed by atoms with Gasteiger partial charge >= 0.3 is 0 Å². The highest BCUT2D eigenvalue weighted by atomic mass is 35.5. The van der Waals surface area contributed by atoms with E-state index in [0.717, 1.165) is 6.26 Å². The summed E-state index contributed by atoms with van der Waals surface area (Å²) in [5.74, 6) is 0.0711. The Bertz CT molecular complexity index is 898. The van der Waals surface area contributed by atoms with Gasteiger partial charge in [0.15, 0.2) is 0 Å². The average Bonchev–Trinajstić information content (AvgIpc) is 2.53. The van der Waals surface area contributed by atoms with Gasteiger partial charge in [0, 0.05) is 11.6 Å². The normalized spacial score (nSPS) is 11.3. The highest BCUT2D eigenvalue weighted by molar-refractivity contribution is 7.92. The third kappa shape index (κ3) is 5.93. The van der Waals surface area contributed by atoms with Crippen LogP contribution in [-0.2, 0) is 16.6 Å². The van der Waals surface area contributed by atoms with E-state index in [1.165, 1.54) is 6.07 Å². The Morgan fingerprint density at radius 2 is 1.88 bits per heavy atom. The lowest BCUT2D eigenvalue weighted by molar-refractivity contribution is 0.0945. The van der Waals surface area contributed by atoms with Crippen LogP contribution in [0.25, 0.3) is 0 Å².